The van der Waals surface area contributed by atoms with Crippen molar-refractivity contribution in [2.75, 3.05) is 16.8 Å². The zero-order chi connectivity index (χ0) is 20.3. The molecule has 0 radical (unpaired) electrons. The van der Waals surface area contributed by atoms with Crippen LogP contribution in [0, 0.1) is 0 Å². The molecule has 0 unspecified atom stereocenters. The van der Waals surface area contributed by atoms with Crippen LogP contribution >= 0.6 is 23.4 Å². The number of halogens is 1. The molecule has 146 valence electrons. The third-order valence-electron chi connectivity index (χ3n) is 4.38. The van der Waals surface area contributed by atoms with E-state index in [2.05, 4.69) is 24.2 Å². The maximum atomic E-state index is 12.8. The van der Waals surface area contributed by atoms with E-state index >= 15 is 0 Å². The Morgan fingerprint density at radius 3 is 2.54 bits per heavy atom. The van der Waals surface area contributed by atoms with Crippen molar-refractivity contribution in [3.63, 3.8) is 0 Å². The first kappa shape index (κ1) is 20.4. The number of amidine groups is 1. The molecule has 0 saturated heterocycles. The van der Waals surface area contributed by atoms with Gasteiger partial charge in [0.2, 0.25) is 5.91 Å². The molecule has 2 amide bonds. The van der Waals surface area contributed by atoms with Crippen molar-refractivity contribution >= 4 is 51.7 Å². The van der Waals surface area contributed by atoms with Crippen LogP contribution in [-0.2, 0) is 9.59 Å². The highest BCUT2D eigenvalue weighted by Crippen LogP contribution is 2.32. The second-order valence-corrected chi connectivity index (χ2v) is 8.49. The van der Waals surface area contributed by atoms with Gasteiger partial charge in [0.25, 0.3) is 5.91 Å². The Bertz CT molecular complexity index is 929. The van der Waals surface area contributed by atoms with E-state index in [0.29, 0.717) is 21.8 Å². The fourth-order valence-electron chi connectivity index (χ4n) is 2.90. The van der Waals surface area contributed by atoms with Gasteiger partial charge in [0.1, 0.15) is 6.54 Å². The minimum absolute atomic E-state index is 0.0536. The number of carbonyl (C=O) groups excluding carboxylic acids is 2. The first-order valence-corrected chi connectivity index (χ1v) is 10.3. The quantitative estimate of drug-likeness (QED) is 0.753. The molecule has 3 rings (SSSR count). The number of thioether (sulfide) groups is 1. The standard InChI is InChI=1S/C21H22ClN3O2S/c1-13(2)15-8-4-6-10-17(15)24-20(27)14(3)28-21-23-12-19(26)25(21)18-11-7-5-9-16(18)22/h4-11,13-14H,12H2,1-3H3,(H,24,27)/t14-/m1/s1. The molecule has 28 heavy (non-hydrogen) atoms. The zero-order valence-electron chi connectivity index (χ0n) is 16.0. The van der Waals surface area contributed by atoms with Crippen molar-refractivity contribution in [3.8, 4) is 0 Å². The van der Waals surface area contributed by atoms with Crippen LogP contribution < -0.4 is 10.2 Å². The molecule has 0 fully saturated rings. The Kier molecular flexibility index (Phi) is 6.42. The molecular weight excluding hydrogens is 394 g/mol. The topological polar surface area (TPSA) is 61.8 Å². The number of para-hydroxylation sites is 2. The van der Waals surface area contributed by atoms with E-state index in [4.69, 9.17) is 11.6 Å². The normalized spacial score (nSPS) is 15.0. The first-order chi connectivity index (χ1) is 13.4. The lowest BCUT2D eigenvalue weighted by atomic mass is 10.0. The Balaban J connectivity index is 1.73. The lowest BCUT2D eigenvalue weighted by Crippen LogP contribution is -2.33. The minimum Gasteiger partial charge on any atom is -0.325 e. The summed E-state index contributed by atoms with van der Waals surface area (Å²) in [5.41, 5.74) is 2.47. The number of hydrogen-bond donors (Lipinski definition) is 1. The van der Waals surface area contributed by atoms with Crippen LogP contribution in [0.3, 0.4) is 0 Å². The van der Waals surface area contributed by atoms with Crippen LogP contribution in [0.4, 0.5) is 11.4 Å². The summed E-state index contributed by atoms with van der Waals surface area (Å²) in [7, 11) is 0. The van der Waals surface area contributed by atoms with Crippen LogP contribution in [0.1, 0.15) is 32.3 Å². The minimum atomic E-state index is -0.435. The lowest BCUT2D eigenvalue weighted by molar-refractivity contribution is -0.116. The molecule has 1 N–H and O–H groups in total. The highest BCUT2D eigenvalue weighted by Gasteiger charge is 2.31. The van der Waals surface area contributed by atoms with Gasteiger partial charge in [-0.3, -0.25) is 19.5 Å². The van der Waals surface area contributed by atoms with Gasteiger partial charge >= 0.3 is 0 Å². The number of carbonyl (C=O) groups is 2. The van der Waals surface area contributed by atoms with Gasteiger partial charge in [-0.05, 0) is 36.6 Å². The molecule has 5 nitrogen and oxygen atoms in total. The summed E-state index contributed by atoms with van der Waals surface area (Å²) < 4.78 is 0. The number of aliphatic imine (C=N–C) groups is 1. The maximum Gasteiger partial charge on any atom is 0.254 e. The highest BCUT2D eigenvalue weighted by molar-refractivity contribution is 8.15. The van der Waals surface area contributed by atoms with Crippen molar-refractivity contribution in [2.45, 2.75) is 31.9 Å². The monoisotopic (exact) mass is 415 g/mol. The Labute approximate surface area is 174 Å². The van der Waals surface area contributed by atoms with Crippen LogP contribution in [0.15, 0.2) is 53.5 Å². The van der Waals surface area contributed by atoms with Crippen LogP contribution in [0.5, 0.6) is 0 Å². The lowest BCUT2D eigenvalue weighted by Gasteiger charge is -2.21. The van der Waals surface area contributed by atoms with Gasteiger partial charge in [0, 0.05) is 5.69 Å². The number of nitrogens with zero attached hydrogens (tertiary/aromatic N) is 2. The summed E-state index contributed by atoms with van der Waals surface area (Å²) >= 11 is 7.50. The molecule has 0 bridgehead atoms. The average Bonchev–Trinajstić information content (AvgIpc) is 3.02. The van der Waals surface area contributed by atoms with Crippen LogP contribution in [0.2, 0.25) is 5.02 Å². The van der Waals surface area contributed by atoms with Gasteiger partial charge in [0.15, 0.2) is 5.17 Å². The van der Waals surface area contributed by atoms with Gasteiger partial charge < -0.3 is 5.32 Å². The summed E-state index contributed by atoms with van der Waals surface area (Å²) in [5, 5.41) is 3.51. The summed E-state index contributed by atoms with van der Waals surface area (Å²) in [6.07, 6.45) is 0. The van der Waals surface area contributed by atoms with E-state index in [1.807, 2.05) is 30.3 Å². The summed E-state index contributed by atoms with van der Waals surface area (Å²) in [6, 6.07) is 14.9. The molecule has 1 aliphatic rings. The predicted molar refractivity (Wildman–Crippen MR) is 117 cm³/mol. The van der Waals surface area contributed by atoms with Gasteiger partial charge in [-0.15, -0.1) is 0 Å². The molecule has 0 aromatic heterocycles. The van der Waals surface area contributed by atoms with E-state index in [0.717, 1.165) is 11.3 Å². The number of anilines is 2. The van der Waals surface area contributed by atoms with Crippen LogP contribution in [0.25, 0.3) is 0 Å². The predicted octanol–water partition coefficient (Wildman–Crippen LogP) is 4.93. The molecule has 2 aromatic carbocycles. The Morgan fingerprint density at radius 1 is 1.14 bits per heavy atom. The Morgan fingerprint density at radius 2 is 1.82 bits per heavy atom. The van der Waals surface area contributed by atoms with Crippen molar-refractivity contribution in [1.29, 1.82) is 0 Å². The third kappa shape index (κ3) is 4.39. The Hall–Kier alpha value is -2.31. The molecule has 1 atom stereocenters. The molecule has 7 heteroatoms. The van der Waals surface area contributed by atoms with E-state index in [9.17, 15) is 9.59 Å². The molecule has 2 aromatic rings. The molecule has 1 aliphatic heterocycles. The number of nitrogens with one attached hydrogen (secondary N) is 1. The fraction of sp³-hybridized carbons (Fsp3) is 0.286. The zero-order valence-corrected chi connectivity index (χ0v) is 17.6. The molecular formula is C21H22ClN3O2S. The third-order valence-corrected chi connectivity index (χ3v) is 5.79. The van der Waals surface area contributed by atoms with Gasteiger partial charge in [0.05, 0.1) is 16.0 Å². The van der Waals surface area contributed by atoms with Crippen molar-refractivity contribution in [1.82, 2.24) is 0 Å². The van der Waals surface area contributed by atoms with Crippen molar-refractivity contribution in [3.05, 3.63) is 59.1 Å². The average molecular weight is 416 g/mol. The van der Waals surface area contributed by atoms with Crippen molar-refractivity contribution in [2.24, 2.45) is 4.99 Å². The summed E-state index contributed by atoms with van der Waals surface area (Å²) in [4.78, 5) is 30.9. The smallest absolute Gasteiger partial charge is 0.254 e. The van der Waals surface area contributed by atoms with Crippen LogP contribution in [-0.4, -0.2) is 28.8 Å². The number of hydrogen-bond acceptors (Lipinski definition) is 4. The SMILES string of the molecule is CC(C)c1ccccc1NC(=O)[C@@H](C)SC1=NCC(=O)N1c1ccccc1Cl. The summed E-state index contributed by atoms with van der Waals surface area (Å²) in [5.74, 6) is -0.000351. The molecule has 0 saturated carbocycles. The van der Waals surface area contributed by atoms with Crippen molar-refractivity contribution < 1.29 is 9.59 Å². The number of rotatable bonds is 5. The van der Waals surface area contributed by atoms with E-state index < -0.39 is 5.25 Å². The second kappa shape index (κ2) is 8.80. The van der Waals surface area contributed by atoms with Gasteiger partial charge in [-0.1, -0.05) is 67.5 Å². The highest BCUT2D eigenvalue weighted by atomic mass is 35.5. The van der Waals surface area contributed by atoms with E-state index in [1.54, 1.807) is 25.1 Å². The molecule has 0 spiro atoms. The van der Waals surface area contributed by atoms with E-state index in [1.165, 1.54) is 16.7 Å². The van der Waals surface area contributed by atoms with E-state index in [-0.39, 0.29) is 18.4 Å². The molecule has 1 heterocycles. The van der Waals surface area contributed by atoms with Gasteiger partial charge in [-0.25, -0.2) is 0 Å². The fourth-order valence-corrected chi connectivity index (χ4v) is 4.05. The summed E-state index contributed by atoms with van der Waals surface area (Å²) in [6.45, 7) is 6.03. The second-order valence-electron chi connectivity index (χ2n) is 6.77. The largest absolute Gasteiger partial charge is 0.325 e. The first-order valence-electron chi connectivity index (χ1n) is 9.07. The maximum absolute atomic E-state index is 12.8. The number of benzene rings is 2. The van der Waals surface area contributed by atoms with Gasteiger partial charge in [-0.2, -0.15) is 0 Å². The number of amides is 2. The molecule has 0 aliphatic carbocycles.